The largest absolute Gasteiger partial charge is 0.330 e. The molecular weight excluding hydrogens is 349 g/mol. The lowest BCUT2D eigenvalue weighted by atomic mass is 10.1. The van der Waals surface area contributed by atoms with Crippen molar-refractivity contribution in [3.05, 3.63) is 32.6 Å². The minimum atomic E-state index is -3.11. The van der Waals surface area contributed by atoms with Crippen LogP contribution in [0.25, 0.3) is 0 Å². The third-order valence-corrected chi connectivity index (χ3v) is 6.23. The summed E-state index contributed by atoms with van der Waals surface area (Å²) in [5.41, 5.74) is -0.478. The summed E-state index contributed by atoms with van der Waals surface area (Å²) < 4.78 is 24.5. The summed E-state index contributed by atoms with van der Waals surface area (Å²) in [6, 6.07) is -0.0432. The Morgan fingerprint density at radius 1 is 1.32 bits per heavy atom. The molecule has 1 aliphatic heterocycles. The van der Waals surface area contributed by atoms with Crippen molar-refractivity contribution in [2.75, 3.05) is 26.4 Å². The fourth-order valence-electron chi connectivity index (χ4n) is 2.83. The molecule has 1 saturated heterocycles. The second kappa shape index (κ2) is 8.42. The fraction of sp³-hybridized carbons (Fsp3) is 0.733. The van der Waals surface area contributed by atoms with Crippen molar-refractivity contribution in [2.45, 2.75) is 45.9 Å². The van der Waals surface area contributed by atoms with E-state index in [1.165, 1.54) is 10.8 Å². The van der Waals surface area contributed by atoms with Crippen LogP contribution in [-0.4, -0.2) is 47.1 Å². The van der Waals surface area contributed by atoms with E-state index in [4.69, 9.17) is 13.9 Å². The van der Waals surface area contributed by atoms with Crippen LogP contribution in [0.15, 0.2) is 15.8 Å². The average Bonchev–Trinajstić information content (AvgIpc) is 2.90. The van der Waals surface area contributed by atoms with Gasteiger partial charge in [-0.1, -0.05) is 0 Å². The van der Waals surface area contributed by atoms with Crippen LogP contribution in [0.4, 0.5) is 0 Å². The molecule has 1 N–H and O–H groups in total. The summed E-state index contributed by atoms with van der Waals surface area (Å²) in [6.45, 7) is 5.83. The van der Waals surface area contributed by atoms with Crippen LogP contribution in [0.3, 0.4) is 0 Å². The maximum Gasteiger partial charge on any atom is 0.330 e. The van der Waals surface area contributed by atoms with Gasteiger partial charge in [-0.15, -0.1) is 0 Å². The van der Waals surface area contributed by atoms with Gasteiger partial charge in [-0.25, -0.2) is 4.79 Å². The van der Waals surface area contributed by atoms with Crippen LogP contribution in [0.5, 0.6) is 0 Å². The highest BCUT2D eigenvalue weighted by Gasteiger charge is 2.35. The zero-order valence-electron chi connectivity index (χ0n) is 15.1. The van der Waals surface area contributed by atoms with Gasteiger partial charge in [-0.05, 0) is 27.2 Å². The molecule has 0 aliphatic carbocycles. The first kappa shape index (κ1) is 20.1. The van der Waals surface area contributed by atoms with Crippen molar-refractivity contribution in [3.63, 3.8) is 0 Å². The maximum atomic E-state index is 12.6. The Bertz CT molecular complexity index is 736. The van der Waals surface area contributed by atoms with E-state index in [0.29, 0.717) is 31.6 Å². The van der Waals surface area contributed by atoms with Gasteiger partial charge in [0, 0.05) is 31.3 Å². The molecule has 1 aromatic heterocycles. The van der Waals surface area contributed by atoms with Crippen molar-refractivity contribution >= 4 is 7.60 Å². The number of hydrogen-bond acceptors (Lipinski definition) is 7. The monoisotopic (exact) mass is 375 g/mol. The molecule has 10 heteroatoms. The third kappa shape index (κ3) is 4.89. The standard InChI is InChI=1S/C15H26N3O6P/c1-5-22-25(21,23-6-2)8-7-12-9-13(24-17(12)4)18-10-11(3)14(19)16-15(18)20/h10,12-13H,5-9H2,1-4H3,(H,16,19,20)/t12-,13?/m0/s1. The molecule has 2 heterocycles. The lowest BCUT2D eigenvalue weighted by Gasteiger charge is -2.21. The lowest BCUT2D eigenvalue weighted by molar-refractivity contribution is -0.166. The average molecular weight is 375 g/mol. The summed E-state index contributed by atoms with van der Waals surface area (Å²) in [6.07, 6.45) is 2.32. The van der Waals surface area contributed by atoms with E-state index in [1.807, 2.05) is 0 Å². The minimum absolute atomic E-state index is 0.0432. The molecule has 0 spiro atoms. The lowest BCUT2D eigenvalue weighted by Crippen LogP contribution is -2.33. The molecule has 0 amide bonds. The minimum Gasteiger partial charge on any atom is -0.309 e. The van der Waals surface area contributed by atoms with E-state index in [2.05, 4.69) is 4.98 Å². The first-order valence-corrected chi connectivity index (χ1v) is 10.1. The highest BCUT2D eigenvalue weighted by molar-refractivity contribution is 7.53. The number of nitrogens with zero attached hydrogens (tertiary/aromatic N) is 2. The van der Waals surface area contributed by atoms with E-state index in [-0.39, 0.29) is 12.2 Å². The van der Waals surface area contributed by atoms with Gasteiger partial charge in [0.05, 0.1) is 19.4 Å². The number of hydrogen-bond donors (Lipinski definition) is 1. The Morgan fingerprint density at radius 3 is 2.56 bits per heavy atom. The topological polar surface area (TPSA) is 103 Å². The van der Waals surface area contributed by atoms with E-state index in [1.54, 1.807) is 32.9 Å². The van der Waals surface area contributed by atoms with Gasteiger partial charge < -0.3 is 9.05 Å². The van der Waals surface area contributed by atoms with Crippen LogP contribution in [0.1, 0.15) is 38.5 Å². The number of nitrogens with one attached hydrogen (secondary N) is 1. The molecule has 0 aromatic carbocycles. The number of rotatable bonds is 8. The van der Waals surface area contributed by atoms with Gasteiger partial charge in [-0.3, -0.25) is 23.7 Å². The molecule has 0 bridgehead atoms. The second-order valence-electron chi connectivity index (χ2n) is 5.93. The predicted octanol–water partition coefficient (Wildman–Crippen LogP) is 1.64. The normalized spacial score (nSPS) is 21.8. The number of H-pyrrole nitrogens is 1. The summed E-state index contributed by atoms with van der Waals surface area (Å²) >= 11 is 0. The Balaban J connectivity index is 2.06. The highest BCUT2D eigenvalue weighted by Crippen LogP contribution is 2.49. The third-order valence-electron chi connectivity index (χ3n) is 4.12. The van der Waals surface area contributed by atoms with Gasteiger partial charge in [0.1, 0.15) is 0 Å². The summed E-state index contributed by atoms with van der Waals surface area (Å²) in [7, 11) is -1.35. The maximum absolute atomic E-state index is 12.6. The molecule has 1 aliphatic rings. The summed E-state index contributed by atoms with van der Waals surface area (Å²) in [4.78, 5) is 31.5. The van der Waals surface area contributed by atoms with Crippen LogP contribution >= 0.6 is 7.60 Å². The molecule has 142 valence electrons. The smallest absolute Gasteiger partial charge is 0.309 e. The zero-order valence-corrected chi connectivity index (χ0v) is 16.0. The number of aromatic amines is 1. The van der Waals surface area contributed by atoms with Crippen LogP contribution in [0, 0.1) is 6.92 Å². The molecule has 9 nitrogen and oxygen atoms in total. The van der Waals surface area contributed by atoms with Crippen molar-refractivity contribution in [3.8, 4) is 0 Å². The quantitative estimate of drug-likeness (QED) is 0.689. The van der Waals surface area contributed by atoms with Crippen LogP contribution in [0.2, 0.25) is 0 Å². The Kier molecular flexibility index (Phi) is 6.76. The predicted molar refractivity (Wildman–Crippen MR) is 92.7 cm³/mol. The zero-order chi connectivity index (χ0) is 18.6. The van der Waals surface area contributed by atoms with Crippen LogP contribution in [-0.2, 0) is 18.5 Å². The van der Waals surface area contributed by atoms with E-state index in [9.17, 15) is 14.2 Å². The first-order chi connectivity index (χ1) is 11.8. The Morgan fingerprint density at radius 2 is 1.96 bits per heavy atom. The number of aromatic nitrogens is 2. The van der Waals surface area contributed by atoms with Gasteiger partial charge in [0.25, 0.3) is 5.56 Å². The molecule has 0 radical (unpaired) electrons. The van der Waals surface area contributed by atoms with Crippen molar-refractivity contribution < 1.29 is 18.5 Å². The van der Waals surface area contributed by atoms with Crippen molar-refractivity contribution in [1.29, 1.82) is 0 Å². The first-order valence-electron chi connectivity index (χ1n) is 8.39. The van der Waals surface area contributed by atoms with Crippen LogP contribution < -0.4 is 11.2 Å². The fourth-order valence-corrected chi connectivity index (χ4v) is 4.57. The summed E-state index contributed by atoms with van der Waals surface area (Å²) in [5.74, 6) is 0. The molecule has 2 rings (SSSR count). The van der Waals surface area contributed by atoms with Gasteiger partial charge in [0.15, 0.2) is 6.23 Å². The molecule has 1 unspecified atom stereocenters. The molecule has 0 saturated carbocycles. The SMILES string of the molecule is CCOP(=O)(CC[C@H]1CC(n2cc(C)c(=O)[nH]c2=O)ON1C)OCC. The molecule has 1 fully saturated rings. The summed E-state index contributed by atoms with van der Waals surface area (Å²) in [5, 5.41) is 1.65. The molecule has 25 heavy (non-hydrogen) atoms. The van der Waals surface area contributed by atoms with Gasteiger partial charge in [-0.2, -0.15) is 5.06 Å². The number of hydroxylamine groups is 2. The van der Waals surface area contributed by atoms with Crippen molar-refractivity contribution in [2.24, 2.45) is 0 Å². The second-order valence-corrected chi connectivity index (χ2v) is 8.12. The van der Waals surface area contributed by atoms with E-state index in [0.717, 1.165) is 0 Å². The van der Waals surface area contributed by atoms with Gasteiger partial charge >= 0.3 is 13.3 Å². The van der Waals surface area contributed by atoms with E-state index >= 15 is 0 Å². The molecule has 2 atom stereocenters. The highest BCUT2D eigenvalue weighted by atomic mass is 31.2. The Labute approximate surface area is 146 Å². The van der Waals surface area contributed by atoms with Gasteiger partial charge in [0.2, 0.25) is 0 Å². The van der Waals surface area contributed by atoms with Crippen molar-refractivity contribution in [1.82, 2.24) is 14.6 Å². The number of aryl methyl sites for hydroxylation is 1. The van der Waals surface area contributed by atoms with E-state index < -0.39 is 25.1 Å². The Hall–Kier alpha value is -1.25. The molecule has 1 aromatic rings. The molecular formula is C15H26N3O6P.